The SMILES string of the molecule is Fc1ccc(-c2nc(-c3ccccn3)sc2CCCl)cc1. The van der Waals surface area contributed by atoms with Gasteiger partial charge in [-0.2, -0.15) is 0 Å². The van der Waals surface area contributed by atoms with Crippen molar-refractivity contribution in [1.29, 1.82) is 0 Å². The van der Waals surface area contributed by atoms with Gasteiger partial charge in [-0.3, -0.25) is 4.98 Å². The van der Waals surface area contributed by atoms with Gasteiger partial charge in [0.25, 0.3) is 0 Å². The van der Waals surface area contributed by atoms with Gasteiger partial charge in [0.1, 0.15) is 10.8 Å². The zero-order valence-corrected chi connectivity index (χ0v) is 12.7. The molecule has 0 aliphatic carbocycles. The first-order valence-electron chi connectivity index (χ1n) is 6.51. The lowest BCUT2D eigenvalue weighted by Crippen LogP contribution is -1.88. The third-order valence-electron chi connectivity index (χ3n) is 3.02. The van der Waals surface area contributed by atoms with Gasteiger partial charge in [-0.05, 0) is 42.8 Å². The van der Waals surface area contributed by atoms with Crippen molar-refractivity contribution in [1.82, 2.24) is 9.97 Å². The summed E-state index contributed by atoms with van der Waals surface area (Å²) >= 11 is 7.46. The standard InChI is InChI=1S/C16H12ClFN2S/c17-9-8-14-15(11-4-6-12(18)7-5-11)20-16(21-14)13-3-1-2-10-19-13/h1-7,10H,8-9H2. The summed E-state index contributed by atoms with van der Waals surface area (Å²) in [6, 6.07) is 12.1. The molecule has 0 atom stereocenters. The van der Waals surface area contributed by atoms with E-state index >= 15 is 0 Å². The molecule has 2 heterocycles. The Hall–Kier alpha value is -1.78. The van der Waals surface area contributed by atoms with Crippen LogP contribution in [0, 0.1) is 5.82 Å². The molecule has 0 unspecified atom stereocenters. The summed E-state index contributed by atoms with van der Waals surface area (Å²) in [7, 11) is 0. The summed E-state index contributed by atoms with van der Waals surface area (Å²) in [5, 5.41) is 0.857. The molecule has 1 aromatic carbocycles. The molecule has 0 amide bonds. The van der Waals surface area contributed by atoms with Crippen molar-refractivity contribution in [3.05, 3.63) is 59.4 Å². The van der Waals surface area contributed by atoms with Gasteiger partial charge in [-0.1, -0.05) is 6.07 Å². The number of aryl methyl sites for hydroxylation is 1. The highest BCUT2D eigenvalue weighted by molar-refractivity contribution is 7.15. The van der Waals surface area contributed by atoms with Crippen LogP contribution in [0.15, 0.2) is 48.7 Å². The van der Waals surface area contributed by atoms with Crippen LogP contribution in [0.5, 0.6) is 0 Å². The van der Waals surface area contributed by atoms with Gasteiger partial charge in [0.15, 0.2) is 0 Å². The molecule has 0 N–H and O–H groups in total. The van der Waals surface area contributed by atoms with E-state index in [0.29, 0.717) is 5.88 Å². The minimum atomic E-state index is -0.252. The third kappa shape index (κ3) is 3.12. The average Bonchev–Trinajstić information content (AvgIpc) is 2.93. The predicted molar refractivity (Wildman–Crippen MR) is 85.2 cm³/mol. The van der Waals surface area contributed by atoms with E-state index in [9.17, 15) is 4.39 Å². The Labute approximate surface area is 131 Å². The first-order valence-corrected chi connectivity index (χ1v) is 7.86. The quantitative estimate of drug-likeness (QED) is 0.646. The normalized spacial score (nSPS) is 10.8. The van der Waals surface area contributed by atoms with E-state index in [-0.39, 0.29) is 5.82 Å². The number of aromatic nitrogens is 2. The summed E-state index contributed by atoms with van der Waals surface area (Å²) in [6.45, 7) is 0. The largest absolute Gasteiger partial charge is 0.254 e. The first-order chi connectivity index (χ1) is 10.3. The van der Waals surface area contributed by atoms with Crippen LogP contribution >= 0.6 is 22.9 Å². The predicted octanol–water partition coefficient (Wildman–Crippen LogP) is 4.79. The highest BCUT2D eigenvalue weighted by atomic mass is 35.5. The number of alkyl halides is 1. The molecule has 0 bridgehead atoms. The molecule has 0 aliphatic heterocycles. The molecule has 0 spiro atoms. The Morgan fingerprint density at radius 2 is 1.90 bits per heavy atom. The fourth-order valence-corrected chi connectivity index (χ4v) is 3.40. The monoisotopic (exact) mass is 318 g/mol. The molecule has 2 nitrogen and oxygen atoms in total. The van der Waals surface area contributed by atoms with Crippen molar-refractivity contribution in [3.8, 4) is 22.0 Å². The lowest BCUT2D eigenvalue weighted by atomic mass is 10.1. The van der Waals surface area contributed by atoms with Crippen LogP contribution in [0.2, 0.25) is 0 Å². The van der Waals surface area contributed by atoms with Gasteiger partial charge < -0.3 is 0 Å². The van der Waals surface area contributed by atoms with Gasteiger partial charge >= 0.3 is 0 Å². The topological polar surface area (TPSA) is 25.8 Å². The van der Waals surface area contributed by atoms with Crippen molar-refractivity contribution in [3.63, 3.8) is 0 Å². The van der Waals surface area contributed by atoms with E-state index < -0.39 is 0 Å². The lowest BCUT2D eigenvalue weighted by molar-refractivity contribution is 0.628. The zero-order chi connectivity index (χ0) is 14.7. The van der Waals surface area contributed by atoms with Crippen molar-refractivity contribution in [2.75, 3.05) is 5.88 Å². The van der Waals surface area contributed by atoms with E-state index in [1.165, 1.54) is 12.1 Å². The number of rotatable bonds is 4. The molecule has 3 aromatic rings. The summed E-state index contributed by atoms with van der Waals surface area (Å²) in [4.78, 5) is 10.1. The van der Waals surface area contributed by atoms with E-state index in [4.69, 9.17) is 11.6 Å². The number of thiazole rings is 1. The number of hydrogen-bond donors (Lipinski definition) is 0. The molecular weight excluding hydrogens is 307 g/mol. The fraction of sp³-hybridized carbons (Fsp3) is 0.125. The maximum Gasteiger partial charge on any atom is 0.142 e. The molecular formula is C16H12ClFN2S. The minimum absolute atomic E-state index is 0.252. The van der Waals surface area contributed by atoms with Gasteiger partial charge in [-0.25, -0.2) is 9.37 Å². The van der Waals surface area contributed by atoms with Gasteiger partial charge in [-0.15, -0.1) is 22.9 Å². The highest BCUT2D eigenvalue weighted by Crippen LogP contribution is 2.33. The molecule has 0 radical (unpaired) electrons. The average molecular weight is 319 g/mol. The fourth-order valence-electron chi connectivity index (χ4n) is 2.04. The number of nitrogens with zero attached hydrogens (tertiary/aromatic N) is 2. The second kappa shape index (κ2) is 6.33. The third-order valence-corrected chi connectivity index (χ3v) is 4.35. The van der Waals surface area contributed by atoms with Crippen molar-refractivity contribution < 1.29 is 4.39 Å². The van der Waals surface area contributed by atoms with E-state index in [0.717, 1.165) is 33.3 Å². The van der Waals surface area contributed by atoms with Crippen molar-refractivity contribution >= 4 is 22.9 Å². The minimum Gasteiger partial charge on any atom is -0.254 e. The van der Waals surface area contributed by atoms with E-state index in [1.807, 2.05) is 18.2 Å². The molecule has 21 heavy (non-hydrogen) atoms. The van der Waals surface area contributed by atoms with Crippen molar-refractivity contribution in [2.24, 2.45) is 0 Å². The van der Waals surface area contributed by atoms with Gasteiger partial charge in [0, 0.05) is 22.5 Å². The van der Waals surface area contributed by atoms with E-state index in [1.54, 1.807) is 29.7 Å². The summed E-state index contributed by atoms with van der Waals surface area (Å²) in [5.41, 5.74) is 2.60. The number of hydrogen-bond acceptors (Lipinski definition) is 3. The number of halogens is 2. The van der Waals surface area contributed by atoms with Crippen LogP contribution in [0.1, 0.15) is 4.88 Å². The van der Waals surface area contributed by atoms with Crippen LogP contribution in [0.4, 0.5) is 4.39 Å². The molecule has 0 saturated heterocycles. The maximum absolute atomic E-state index is 13.1. The second-order valence-corrected chi connectivity index (χ2v) is 5.91. The Balaban J connectivity index is 2.06. The Kier molecular flexibility index (Phi) is 4.27. The number of benzene rings is 1. The molecule has 2 aromatic heterocycles. The molecule has 0 fully saturated rings. The zero-order valence-electron chi connectivity index (χ0n) is 11.1. The molecule has 0 saturated carbocycles. The number of pyridine rings is 1. The van der Waals surface area contributed by atoms with Crippen LogP contribution in [0.3, 0.4) is 0 Å². The Morgan fingerprint density at radius 3 is 2.57 bits per heavy atom. The molecule has 5 heteroatoms. The molecule has 3 rings (SSSR count). The van der Waals surface area contributed by atoms with Crippen molar-refractivity contribution in [2.45, 2.75) is 6.42 Å². The first kappa shape index (κ1) is 14.2. The maximum atomic E-state index is 13.1. The molecule has 106 valence electrons. The van der Waals surface area contributed by atoms with Crippen LogP contribution < -0.4 is 0 Å². The smallest absolute Gasteiger partial charge is 0.142 e. The summed E-state index contributed by atoms with van der Waals surface area (Å²) < 4.78 is 13.1. The van der Waals surface area contributed by atoms with Gasteiger partial charge in [0.2, 0.25) is 0 Å². The van der Waals surface area contributed by atoms with Crippen LogP contribution in [-0.2, 0) is 6.42 Å². The van der Waals surface area contributed by atoms with Crippen LogP contribution in [-0.4, -0.2) is 15.8 Å². The van der Waals surface area contributed by atoms with E-state index in [2.05, 4.69) is 9.97 Å². The molecule has 0 aliphatic rings. The lowest BCUT2D eigenvalue weighted by Gasteiger charge is -2.00. The van der Waals surface area contributed by atoms with Crippen LogP contribution in [0.25, 0.3) is 22.0 Å². The second-order valence-electron chi connectivity index (χ2n) is 4.45. The Bertz CT molecular complexity index is 726. The Morgan fingerprint density at radius 1 is 1.10 bits per heavy atom. The summed E-state index contributed by atoms with van der Waals surface area (Å²) in [6.07, 6.45) is 2.48. The summed E-state index contributed by atoms with van der Waals surface area (Å²) in [5.74, 6) is 0.274. The van der Waals surface area contributed by atoms with Gasteiger partial charge in [0.05, 0.1) is 11.4 Å². The highest BCUT2D eigenvalue weighted by Gasteiger charge is 2.14.